The Kier molecular flexibility index (Phi) is 8.35. The van der Waals surface area contributed by atoms with Gasteiger partial charge in [0.15, 0.2) is 5.11 Å². The van der Waals surface area contributed by atoms with E-state index in [-0.39, 0.29) is 12.4 Å². The Labute approximate surface area is 171 Å². The van der Waals surface area contributed by atoms with Crippen molar-refractivity contribution in [2.75, 3.05) is 47.5 Å². The second-order valence-electron chi connectivity index (χ2n) is 7.03. The Balaban J connectivity index is 2.35. The molecule has 0 fully saturated rings. The summed E-state index contributed by atoms with van der Waals surface area (Å²) in [6.07, 6.45) is 0.915. The molecule has 0 bridgehead atoms. The number of hydrogen-bond acceptors (Lipinski definition) is 4. The third-order valence-corrected chi connectivity index (χ3v) is 4.92. The molecule has 2 rings (SSSR count). The third kappa shape index (κ3) is 5.73. The third-order valence-electron chi connectivity index (χ3n) is 4.58. The molecule has 0 saturated carbocycles. The Hall–Kier alpha value is -2.03. The first-order valence-electron chi connectivity index (χ1n) is 9.34. The van der Waals surface area contributed by atoms with E-state index in [1.54, 1.807) is 19.2 Å². The molecule has 1 aromatic carbocycles. The fourth-order valence-corrected chi connectivity index (χ4v) is 3.48. The fraction of sp³-hybridized carbons (Fsp3) is 0.500. The number of carbonyl (C=O) groups excluding carboxylic acids is 1. The highest BCUT2D eigenvalue weighted by molar-refractivity contribution is 7.80. The summed E-state index contributed by atoms with van der Waals surface area (Å²) in [4.78, 5) is 16.1. The van der Waals surface area contributed by atoms with Crippen molar-refractivity contribution in [1.29, 1.82) is 0 Å². The largest absolute Gasteiger partial charge is 0.460 e. The maximum Gasteiger partial charge on any atom is 0.338 e. The Morgan fingerprint density at radius 3 is 2.75 bits per heavy atom. The van der Waals surface area contributed by atoms with Gasteiger partial charge in [0.25, 0.3) is 0 Å². The molecule has 0 amide bonds. The van der Waals surface area contributed by atoms with Gasteiger partial charge in [0.1, 0.15) is 12.4 Å². The number of thiocarbonyl (C=S) groups is 1. The molecule has 1 aliphatic rings. The minimum Gasteiger partial charge on any atom is -0.460 e. The van der Waals surface area contributed by atoms with Gasteiger partial charge in [-0.05, 0) is 36.8 Å². The van der Waals surface area contributed by atoms with Crippen LogP contribution in [0.15, 0.2) is 35.5 Å². The molecular weight excluding hydrogens is 381 g/mol. The molecular formula is C20H29FN3O3S+. The van der Waals surface area contributed by atoms with Crippen molar-refractivity contribution in [2.24, 2.45) is 0 Å². The van der Waals surface area contributed by atoms with Crippen LogP contribution in [0.3, 0.4) is 0 Å². The molecule has 0 aromatic heterocycles. The number of nitrogens with zero attached hydrogens (tertiary/aromatic N) is 1. The first-order chi connectivity index (χ1) is 13.3. The zero-order chi connectivity index (χ0) is 20.7. The number of methoxy groups -OCH3 is 1. The summed E-state index contributed by atoms with van der Waals surface area (Å²) in [5.41, 5.74) is 1.79. The predicted octanol–water partition coefficient (Wildman–Crippen LogP) is 1.06. The van der Waals surface area contributed by atoms with Crippen LogP contribution in [0.4, 0.5) is 4.39 Å². The molecule has 1 aliphatic heterocycles. The predicted molar refractivity (Wildman–Crippen MR) is 109 cm³/mol. The first kappa shape index (κ1) is 22.3. The first-order valence-corrected chi connectivity index (χ1v) is 9.75. The summed E-state index contributed by atoms with van der Waals surface area (Å²) in [6, 6.07) is 5.60. The molecule has 154 valence electrons. The van der Waals surface area contributed by atoms with E-state index in [1.165, 1.54) is 17.0 Å². The van der Waals surface area contributed by atoms with Crippen LogP contribution in [0.5, 0.6) is 0 Å². The number of carbonyl (C=O) groups is 1. The average Bonchev–Trinajstić information content (AvgIpc) is 2.63. The van der Waals surface area contributed by atoms with E-state index in [2.05, 4.69) is 19.4 Å². The van der Waals surface area contributed by atoms with Crippen molar-refractivity contribution in [2.45, 2.75) is 19.4 Å². The minimum absolute atomic E-state index is 0.149. The lowest BCUT2D eigenvalue weighted by atomic mass is 9.95. The van der Waals surface area contributed by atoms with Gasteiger partial charge in [-0.2, -0.15) is 0 Å². The molecule has 28 heavy (non-hydrogen) atoms. The number of benzene rings is 1. The number of ether oxygens (including phenoxy) is 2. The Morgan fingerprint density at radius 1 is 1.36 bits per heavy atom. The number of halogens is 1. The quantitative estimate of drug-likeness (QED) is 0.361. The zero-order valence-corrected chi connectivity index (χ0v) is 17.7. The van der Waals surface area contributed by atoms with E-state index in [0.717, 1.165) is 18.7 Å². The molecule has 1 aromatic rings. The maximum absolute atomic E-state index is 13.8. The van der Waals surface area contributed by atoms with Gasteiger partial charge in [0.05, 0.1) is 38.9 Å². The van der Waals surface area contributed by atoms with E-state index in [9.17, 15) is 9.18 Å². The van der Waals surface area contributed by atoms with Crippen molar-refractivity contribution in [3.05, 3.63) is 46.9 Å². The zero-order valence-electron chi connectivity index (χ0n) is 16.9. The van der Waals surface area contributed by atoms with Gasteiger partial charge < -0.3 is 24.6 Å². The number of quaternary nitrogens is 1. The highest BCUT2D eigenvalue weighted by Gasteiger charge is 2.34. The van der Waals surface area contributed by atoms with Crippen molar-refractivity contribution in [3.8, 4) is 0 Å². The monoisotopic (exact) mass is 410 g/mol. The molecule has 2 N–H and O–H groups in total. The topological polar surface area (TPSA) is 55.2 Å². The Morgan fingerprint density at radius 2 is 2.11 bits per heavy atom. The van der Waals surface area contributed by atoms with E-state index in [0.29, 0.717) is 29.4 Å². The van der Waals surface area contributed by atoms with Gasteiger partial charge >= 0.3 is 5.97 Å². The van der Waals surface area contributed by atoms with Crippen molar-refractivity contribution < 1.29 is 23.6 Å². The van der Waals surface area contributed by atoms with Crippen LogP contribution in [0, 0.1) is 5.82 Å². The van der Waals surface area contributed by atoms with Gasteiger partial charge in [-0.15, -0.1) is 0 Å². The summed E-state index contributed by atoms with van der Waals surface area (Å²) in [7, 11) is 5.73. The second-order valence-corrected chi connectivity index (χ2v) is 7.41. The smallest absolute Gasteiger partial charge is 0.338 e. The molecule has 1 atom stereocenters. The van der Waals surface area contributed by atoms with Crippen LogP contribution in [0.25, 0.3) is 0 Å². The van der Waals surface area contributed by atoms with Crippen molar-refractivity contribution >= 4 is 23.3 Å². The van der Waals surface area contributed by atoms with Crippen molar-refractivity contribution in [3.63, 3.8) is 0 Å². The molecule has 0 saturated heterocycles. The molecule has 0 radical (unpaired) electrons. The van der Waals surface area contributed by atoms with E-state index in [1.807, 2.05) is 11.8 Å². The van der Waals surface area contributed by atoms with E-state index in [4.69, 9.17) is 21.7 Å². The van der Waals surface area contributed by atoms with Crippen LogP contribution < -0.4 is 10.2 Å². The number of nitrogens with one attached hydrogen (secondary N) is 2. The molecule has 8 heteroatoms. The summed E-state index contributed by atoms with van der Waals surface area (Å²) in [5, 5.41) is 3.72. The molecule has 0 aliphatic carbocycles. The SMILES string of the molecule is COCCOC(=O)C1=C(C)N(CCC[NH+](C)C)C(=S)N[C@@H]1c1cccc(F)c1. The van der Waals surface area contributed by atoms with Crippen LogP contribution in [-0.4, -0.2) is 63.5 Å². The molecule has 0 spiro atoms. The van der Waals surface area contributed by atoms with Gasteiger partial charge in [-0.3, -0.25) is 0 Å². The Bertz CT molecular complexity index is 739. The van der Waals surface area contributed by atoms with Gasteiger partial charge in [-0.1, -0.05) is 12.1 Å². The lowest BCUT2D eigenvalue weighted by Crippen LogP contribution is -3.05. The average molecular weight is 411 g/mol. The second kappa shape index (κ2) is 10.5. The van der Waals surface area contributed by atoms with Crippen LogP contribution in [0.2, 0.25) is 0 Å². The lowest BCUT2D eigenvalue weighted by Gasteiger charge is -2.37. The molecule has 0 unspecified atom stereocenters. The number of allylic oxidation sites excluding steroid dienone is 1. The summed E-state index contributed by atoms with van der Waals surface area (Å²) < 4.78 is 24.1. The standard InChI is InChI=1S/C20H28FN3O3S/c1-14-17(19(25)27-12-11-26-4)18(15-7-5-8-16(21)13-15)22-20(28)24(14)10-6-9-23(2)3/h5,7-8,13,18H,6,9-12H2,1-4H3,(H,22,28)/p+1/t18-/m1/s1. The lowest BCUT2D eigenvalue weighted by molar-refractivity contribution is -0.858. The highest BCUT2D eigenvalue weighted by atomic mass is 32.1. The number of rotatable bonds is 9. The van der Waals surface area contributed by atoms with Gasteiger partial charge in [-0.25, -0.2) is 9.18 Å². The van der Waals surface area contributed by atoms with Crippen molar-refractivity contribution in [1.82, 2.24) is 10.2 Å². The van der Waals surface area contributed by atoms with Crippen LogP contribution in [-0.2, 0) is 14.3 Å². The fourth-order valence-electron chi connectivity index (χ4n) is 3.14. The minimum atomic E-state index is -0.561. The summed E-state index contributed by atoms with van der Waals surface area (Å²) in [6.45, 7) is 3.98. The molecule has 6 nitrogen and oxygen atoms in total. The van der Waals surface area contributed by atoms with Gasteiger partial charge in [0, 0.05) is 25.8 Å². The summed E-state index contributed by atoms with van der Waals surface area (Å²) >= 11 is 5.55. The van der Waals surface area contributed by atoms with Crippen LogP contribution in [0.1, 0.15) is 24.9 Å². The van der Waals surface area contributed by atoms with E-state index < -0.39 is 12.0 Å². The van der Waals surface area contributed by atoms with E-state index >= 15 is 0 Å². The van der Waals surface area contributed by atoms with Gasteiger partial charge in [0.2, 0.25) is 0 Å². The number of hydrogen-bond donors (Lipinski definition) is 2. The molecule has 1 heterocycles. The number of esters is 1. The highest BCUT2D eigenvalue weighted by Crippen LogP contribution is 2.31. The maximum atomic E-state index is 13.8. The normalized spacial score (nSPS) is 17.1. The van der Waals surface area contributed by atoms with Crippen LogP contribution >= 0.6 is 12.2 Å². The summed E-state index contributed by atoms with van der Waals surface area (Å²) in [5.74, 6) is -0.826.